The number of aromatic hydroxyl groups is 1. The van der Waals surface area contributed by atoms with Gasteiger partial charge in [-0.2, -0.15) is 0 Å². The van der Waals surface area contributed by atoms with E-state index in [2.05, 4.69) is 4.90 Å². The van der Waals surface area contributed by atoms with Gasteiger partial charge in [-0.1, -0.05) is 13.8 Å². The van der Waals surface area contributed by atoms with Gasteiger partial charge in [-0.25, -0.2) is 0 Å². The highest BCUT2D eigenvalue weighted by Crippen LogP contribution is 2.49. The van der Waals surface area contributed by atoms with Gasteiger partial charge in [0, 0.05) is 44.2 Å². The molecule has 0 radical (unpaired) electrons. The molecule has 3 aliphatic rings. The van der Waals surface area contributed by atoms with E-state index in [-0.39, 0.29) is 23.5 Å². The van der Waals surface area contributed by atoms with Crippen molar-refractivity contribution in [2.75, 3.05) is 39.4 Å². The predicted octanol–water partition coefficient (Wildman–Crippen LogP) is 3.92. The standard InChI is InChI=1S/C28H40N2O6/c1-19(2)18-23(32)35-27-25(30-14-16-34-17-15-30)24-21(36-28(27,3)4)10-8-20(26(24)33)9-11-22(31)29-12-6-5-7-13-29/h8-11,19,25,27,33H,5-7,12-18H2,1-4H3/b11-9+. The molecule has 1 aromatic rings. The number of ether oxygens (including phenoxy) is 3. The Morgan fingerprint density at radius 2 is 1.83 bits per heavy atom. The van der Waals surface area contributed by atoms with Gasteiger partial charge in [0.25, 0.3) is 0 Å². The molecule has 1 N–H and O–H groups in total. The monoisotopic (exact) mass is 500 g/mol. The van der Waals surface area contributed by atoms with Crippen molar-refractivity contribution in [3.05, 3.63) is 29.3 Å². The topological polar surface area (TPSA) is 88.5 Å². The fourth-order valence-electron chi connectivity index (χ4n) is 5.33. The van der Waals surface area contributed by atoms with Crippen LogP contribution in [0.1, 0.15) is 70.5 Å². The Morgan fingerprint density at radius 1 is 1.14 bits per heavy atom. The summed E-state index contributed by atoms with van der Waals surface area (Å²) in [6.45, 7) is 11.7. The highest BCUT2D eigenvalue weighted by Gasteiger charge is 2.50. The molecule has 2 atom stereocenters. The number of rotatable bonds is 6. The van der Waals surface area contributed by atoms with Crippen molar-refractivity contribution in [2.24, 2.45) is 5.92 Å². The molecule has 2 fully saturated rings. The van der Waals surface area contributed by atoms with Crippen LogP contribution in [0.3, 0.4) is 0 Å². The van der Waals surface area contributed by atoms with Gasteiger partial charge in [0.05, 0.1) is 24.8 Å². The van der Waals surface area contributed by atoms with Gasteiger partial charge in [-0.15, -0.1) is 0 Å². The largest absolute Gasteiger partial charge is 0.507 e. The van der Waals surface area contributed by atoms with Crippen molar-refractivity contribution in [3.8, 4) is 11.5 Å². The summed E-state index contributed by atoms with van der Waals surface area (Å²) in [5, 5.41) is 11.5. The van der Waals surface area contributed by atoms with Gasteiger partial charge in [-0.05, 0) is 57.2 Å². The molecule has 0 bridgehead atoms. The maximum atomic E-state index is 12.8. The molecule has 1 aromatic carbocycles. The summed E-state index contributed by atoms with van der Waals surface area (Å²) in [7, 11) is 0. The minimum absolute atomic E-state index is 0.0468. The van der Waals surface area contributed by atoms with E-state index < -0.39 is 17.7 Å². The molecule has 2 unspecified atom stereocenters. The van der Waals surface area contributed by atoms with E-state index in [1.54, 1.807) is 12.1 Å². The Kier molecular flexibility index (Phi) is 8.25. The number of piperidine rings is 1. The molecule has 0 aromatic heterocycles. The van der Waals surface area contributed by atoms with Crippen LogP contribution in [-0.2, 0) is 19.1 Å². The molecule has 198 valence electrons. The maximum absolute atomic E-state index is 12.8. The smallest absolute Gasteiger partial charge is 0.306 e. The molecule has 0 aliphatic carbocycles. The van der Waals surface area contributed by atoms with Crippen molar-refractivity contribution in [3.63, 3.8) is 0 Å². The summed E-state index contributed by atoms with van der Waals surface area (Å²) < 4.78 is 18.0. The summed E-state index contributed by atoms with van der Waals surface area (Å²) in [6, 6.07) is 3.20. The molecule has 4 rings (SSSR count). The molecule has 0 spiro atoms. The minimum atomic E-state index is -0.809. The number of nitrogens with zero attached hydrogens (tertiary/aromatic N) is 2. The number of fused-ring (bicyclic) bond motifs is 1. The number of hydrogen-bond donors (Lipinski definition) is 1. The number of phenolic OH excluding ortho intramolecular Hbond substituents is 1. The van der Waals surface area contributed by atoms with Crippen molar-refractivity contribution < 1.29 is 28.9 Å². The highest BCUT2D eigenvalue weighted by atomic mass is 16.6. The molecule has 2 saturated heterocycles. The second-order valence-corrected chi connectivity index (χ2v) is 10.9. The molecule has 8 nitrogen and oxygen atoms in total. The number of benzene rings is 1. The summed E-state index contributed by atoms with van der Waals surface area (Å²) >= 11 is 0. The molecule has 3 heterocycles. The quantitative estimate of drug-likeness (QED) is 0.468. The van der Waals surface area contributed by atoms with Crippen LogP contribution < -0.4 is 4.74 Å². The lowest BCUT2D eigenvalue weighted by Gasteiger charge is -2.48. The van der Waals surface area contributed by atoms with Gasteiger partial charge >= 0.3 is 5.97 Å². The summed E-state index contributed by atoms with van der Waals surface area (Å²) in [4.78, 5) is 29.5. The number of amides is 1. The van der Waals surface area contributed by atoms with Crippen LogP contribution in [0.2, 0.25) is 0 Å². The Morgan fingerprint density at radius 3 is 2.50 bits per heavy atom. The summed E-state index contributed by atoms with van der Waals surface area (Å²) in [5.41, 5.74) is 0.315. The van der Waals surface area contributed by atoms with E-state index >= 15 is 0 Å². The molecule has 1 amide bonds. The van der Waals surface area contributed by atoms with E-state index in [1.165, 1.54) is 6.08 Å². The maximum Gasteiger partial charge on any atom is 0.306 e. The number of carbonyl (C=O) groups is 2. The van der Waals surface area contributed by atoms with E-state index in [9.17, 15) is 14.7 Å². The third-order valence-corrected chi connectivity index (χ3v) is 7.19. The van der Waals surface area contributed by atoms with Gasteiger partial charge in [0.2, 0.25) is 5.91 Å². The lowest BCUT2D eigenvalue weighted by atomic mass is 9.83. The first kappa shape index (κ1) is 26.5. The SMILES string of the molecule is CC(C)CC(=O)OC1C(N2CCOCC2)c2c(ccc(/C=C/C(=O)N3CCCCC3)c2O)OC1(C)C. The fraction of sp³-hybridized carbons (Fsp3) is 0.643. The number of likely N-dealkylation sites (tertiary alicyclic amines) is 1. The molecule has 3 aliphatic heterocycles. The molecular weight excluding hydrogens is 460 g/mol. The normalized spacial score (nSPS) is 24.4. The minimum Gasteiger partial charge on any atom is -0.507 e. The summed E-state index contributed by atoms with van der Waals surface area (Å²) in [6.07, 6.45) is 6.08. The Bertz CT molecular complexity index is 976. The zero-order valence-electron chi connectivity index (χ0n) is 22.0. The zero-order valence-corrected chi connectivity index (χ0v) is 22.0. The van der Waals surface area contributed by atoms with Crippen molar-refractivity contribution in [1.82, 2.24) is 9.80 Å². The van der Waals surface area contributed by atoms with Gasteiger partial charge in [0.1, 0.15) is 17.1 Å². The molecule has 36 heavy (non-hydrogen) atoms. The average Bonchev–Trinajstić information content (AvgIpc) is 2.84. The zero-order chi connectivity index (χ0) is 25.9. The second-order valence-electron chi connectivity index (χ2n) is 10.9. The van der Waals surface area contributed by atoms with Crippen molar-refractivity contribution in [2.45, 2.75) is 71.1 Å². The molecule has 0 saturated carbocycles. The van der Waals surface area contributed by atoms with E-state index in [0.717, 1.165) is 32.4 Å². The van der Waals surface area contributed by atoms with Crippen LogP contribution in [-0.4, -0.2) is 77.9 Å². The molecular formula is C28H40N2O6. The number of carbonyl (C=O) groups excluding carboxylic acids is 2. The average molecular weight is 501 g/mol. The number of esters is 1. The first-order chi connectivity index (χ1) is 17.2. The summed E-state index contributed by atoms with van der Waals surface area (Å²) in [5.74, 6) is 0.448. The Balaban J connectivity index is 1.69. The Hall–Kier alpha value is -2.58. The predicted molar refractivity (Wildman–Crippen MR) is 137 cm³/mol. The highest BCUT2D eigenvalue weighted by molar-refractivity contribution is 5.92. The van der Waals surface area contributed by atoms with Crippen LogP contribution in [0.5, 0.6) is 11.5 Å². The van der Waals surface area contributed by atoms with Crippen LogP contribution in [0.25, 0.3) is 6.08 Å². The number of hydrogen-bond acceptors (Lipinski definition) is 7. The first-order valence-electron chi connectivity index (χ1n) is 13.2. The lowest BCUT2D eigenvalue weighted by Crippen LogP contribution is -2.57. The van der Waals surface area contributed by atoms with Crippen molar-refractivity contribution >= 4 is 18.0 Å². The lowest BCUT2D eigenvalue weighted by molar-refractivity contribution is -0.175. The number of phenols is 1. The third-order valence-electron chi connectivity index (χ3n) is 7.19. The van der Waals surface area contributed by atoms with Crippen LogP contribution in [0.15, 0.2) is 18.2 Å². The van der Waals surface area contributed by atoms with Gasteiger partial charge in [0.15, 0.2) is 6.10 Å². The van der Waals surface area contributed by atoms with Crippen molar-refractivity contribution in [1.29, 1.82) is 0 Å². The van der Waals surface area contributed by atoms with E-state index in [0.29, 0.717) is 49.6 Å². The van der Waals surface area contributed by atoms with E-state index in [4.69, 9.17) is 14.2 Å². The fourth-order valence-corrected chi connectivity index (χ4v) is 5.33. The number of morpholine rings is 1. The van der Waals surface area contributed by atoms with Gasteiger partial charge in [-0.3, -0.25) is 14.5 Å². The van der Waals surface area contributed by atoms with Gasteiger partial charge < -0.3 is 24.2 Å². The third kappa shape index (κ3) is 5.86. The first-order valence-corrected chi connectivity index (χ1v) is 13.2. The van der Waals surface area contributed by atoms with E-state index in [1.807, 2.05) is 38.7 Å². The van der Waals surface area contributed by atoms with Crippen LogP contribution in [0, 0.1) is 5.92 Å². The molecule has 8 heteroatoms. The second kappa shape index (κ2) is 11.2. The Labute approximate surface area is 214 Å². The van der Waals surface area contributed by atoms with Crippen LogP contribution in [0.4, 0.5) is 0 Å². The van der Waals surface area contributed by atoms with Crippen LogP contribution >= 0.6 is 0 Å².